The van der Waals surface area contributed by atoms with E-state index in [0.717, 1.165) is 45.1 Å². The lowest BCUT2D eigenvalue weighted by atomic mass is 10.2. The summed E-state index contributed by atoms with van der Waals surface area (Å²) in [6.07, 6.45) is 1.18. The lowest BCUT2D eigenvalue weighted by Gasteiger charge is -2.27. The van der Waals surface area contributed by atoms with E-state index >= 15 is 0 Å². The van der Waals surface area contributed by atoms with Crippen LogP contribution in [0.5, 0.6) is 0 Å². The van der Waals surface area contributed by atoms with E-state index in [1.807, 2.05) is 12.1 Å². The highest BCUT2D eigenvalue weighted by Crippen LogP contribution is 2.14. The normalized spacial score (nSPS) is 16.7. The summed E-state index contributed by atoms with van der Waals surface area (Å²) in [4.78, 5) is 4.75. The number of hydrogen-bond acceptors (Lipinski definition) is 4. The zero-order valence-corrected chi connectivity index (χ0v) is 11.1. The van der Waals surface area contributed by atoms with Crippen molar-refractivity contribution in [3.63, 3.8) is 0 Å². The number of benzene rings is 1. The Balaban J connectivity index is 1.70. The Morgan fingerprint density at radius 1 is 1.22 bits per heavy atom. The molecule has 1 aliphatic rings. The maximum absolute atomic E-state index is 5.69. The molecule has 0 aromatic heterocycles. The first-order valence-electron chi connectivity index (χ1n) is 6.62. The van der Waals surface area contributed by atoms with Gasteiger partial charge in [0, 0.05) is 44.6 Å². The molecule has 0 bridgehead atoms. The number of hydrogen-bond donors (Lipinski definition) is 1. The molecule has 18 heavy (non-hydrogen) atoms. The van der Waals surface area contributed by atoms with Crippen LogP contribution in [0, 0.1) is 0 Å². The zero-order valence-electron chi connectivity index (χ0n) is 11.1. The molecule has 0 atom stereocenters. The van der Waals surface area contributed by atoms with Crippen LogP contribution in [-0.4, -0.2) is 51.3 Å². The first-order valence-corrected chi connectivity index (χ1v) is 6.62. The maximum atomic E-state index is 5.69. The quantitative estimate of drug-likeness (QED) is 0.802. The topological polar surface area (TPSA) is 41.7 Å². The molecule has 1 aliphatic heterocycles. The van der Waals surface area contributed by atoms with E-state index in [0.29, 0.717) is 0 Å². The van der Waals surface area contributed by atoms with Gasteiger partial charge < -0.3 is 15.4 Å². The molecule has 100 valence electrons. The molecule has 0 saturated carbocycles. The lowest BCUT2D eigenvalue weighted by Crippen LogP contribution is -2.37. The van der Waals surface area contributed by atoms with Crippen LogP contribution in [-0.2, 0) is 4.74 Å². The number of morpholine rings is 1. The summed E-state index contributed by atoms with van der Waals surface area (Å²) >= 11 is 0. The van der Waals surface area contributed by atoms with Crippen LogP contribution in [0.2, 0.25) is 0 Å². The Hall–Kier alpha value is -1.26. The van der Waals surface area contributed by atoms with Gasteiger partial charge in [0.05, 0.1) is 13.2 Å². The summed E-state index contributed by atoms with van der Waals surface area (Å²) in [6, 6.07) is 8.05. The summed E-state index contributed by atoms with van der Waals surface area (Å²) in [5.74, 6) is 0. The molecule has 1 aromatic rings. The van der Waals surface area contributed by atoms with Crippen molar-refractivity contribution in [1.29, 1.82) is 0 Å². The molecule has 0 unspecified atom stereocenters. The maximum Gasteiger partial charge on any atom is 0.0594 e. The van der Waals surface area contributed by atoms with Gasteiger partial charge in [-0.25, -0.2) is 0 Å². The summed E-state index contributed by atoms with van der Waals surface area (Å²) < 4.78 is 5.34. The largest absolute Gasteiger partial charge is 0.399 e. The van der Waals surface area contributed by atoms with Crippen LogP contribution in [0.1, 0.15) is 6.42 Å². The summed E-state index contributed by atoms with van der Waals surface area (Å²) in [6.45, 7) is 6.14. The molecule has 2 N–H and O–H groups in total. The molecule has 0 aliphatic carbocycles. The molecule has 1 fully saturated rings. The van der Waals surface area contributed by atoms with Gasteiger partial charge in [-0.3, -0.25) is 4.90 Å². The average Bonchev–Trinajstić information content (AvgIpc) is 2.40. The Morgan fingerprint density at radius 2 is 1.89 bits per heavy atom. The number of rotatable bonds is 5. The summed E-state index contributed by atoms with van der Waals surface area (Å²) in [5.41, 5.74) is 7.74. The van der Waals surface area contributed by atoms with Gasteiger partial charge in [0.15, 0.2) is 0 Å². The van der Waals surface area contributed by atoms with Gasteiger partial charge in [-0.15, -0.1) is 0 Å². The van der Waals surface area contributed by atoms with Crippen molar-refractivity contribution in [2.45, 2.75) is 6.42 Å². The molecule has 0 radical (unpaired) electrons. The van der Waals surface area contributed by atoms with Gasteiger partial charge in [0.2, 0.25) is 0 Å². The third-order valence-corrected chi connectivity index (χ3v) is 3.41. The second-order valence-corrected chi connectivity index (χ2v) is 4.82. The van der Waals surface area contributed by atoms with Gasteiger partial charge in [0.1, 0.15) is 0 Å². The molecule has 1 heterocycles. The number of nitrogens with two attached hydrogens (primary N) is 1. The van der Waals surface area contributed by atoms with Crippen LogP contribution < -0.4 is 10.6 Å². The molecular formula is C14H23N3O. The highest BCUT2D eigenvalue weighted by atomic mass is 16.5. The lowest BCUT2D eigenvalue weighted by molar-refractivity contribution is 0.0377. The van der Waals surface area contributed by atoms with Crippen LogP contribution >= 0.6 is 0 Å². The van der Waals surface area contributed by atoms with Gasteiger partial charge in [0.25, 0.3) is 0 Å². The van der Waals surface area contributed by atoms with Crippen molar-refractivity contribution >= 4 is 11.4 Å². The van der Waals surface area contributed by atoms with Crippen LogP contribution in [0.3, 0.4) is 0 Å². The Kier molecular flexibility index (Phi) is 4.84. The van der Waals surface area contributed by atoms with E-state index in [4.69, 9.17) is 10.5 Å². The minimum absolute atomic E-state index is 0.820. The highest BCUT2D eigenvalue weighted by molar-refractivity contribution is 5.52. The Morgan fingerprint density at radius 3 is 2.56 bits per heavy atom. The molecule has 4 nitrogen and oxygen atoms in total. The number of ether oxygens (including phenoxy) is 1. The second-order valence-electron chi connectivity index (χ2n) is 4.82. The molecule has 4 heteroatoms. The van der Waals surface area contributed by atoms with Crippen LogP contribution in [0.4, 0.5) is 11.4 Å². The fraction of sp³-hybridized carbons (Fsp3) is 0.571. The van der Waals surface area contributed by atoms with Gasteiger partial charge >= 0.3 is 0 Å². The SMILES string of the molecule is CN(CCCN1CCOCC1)c1ccc(N)cc1. The fourth-order valence-corrected chi connectivity index (χ4v) is 2.21. The number of nitrogen functional groups attached to an aromatic ring is 1. The minimum atomic E-state index is 0.820. The van der Waals surface area contributed by atoms with Crippen molar-refractivity contribution in [2.75, 3.05) is 57.1 Å². The Bertz CT molecular complexity index is 347. The van der Waals surface area contributed by atoms with Crippen LogP contribution in [0.15, 0.2) is 24.3 Å². The molecule has 0 spiro atoms. The number of anilines is 2. The molecule has 2 rings (SSSR count). The van der Waals surface area contributed by atoms with Crippen molar-refractivity contribution in [3.05, 3.63) is 24.3 Å². The predicted octanol–water partition coefficient (Wildman–Crippen LogP) is 1.43. The predicted molar refractivity (Wildman–Crippen MR) is 76.0 cm³/mol. The van der Waals surface area contributed by atoms with Crippen molar-refractivity contribution < 1.29 is 4.74 Å². The Labute approximate surface area is 109 Å². The second kappa shape index (κ2) is 6.61. The molecule has 1 aromatic carbocycles. The molecule has 0 amide bonds. The first-order chi connectivity index (χ1) is 8.75. The average molecular weight is 249 g/mol. The van der Waals surface area contributed by atoms with Gasteiger partial charge in [-0.1, -0.05) is 0 Å². The van der Waals surface area contributed by atoms with Gasteiger partial charge in [-0.2, -0.15) is 0 Å². The first kappa shape index (κ1) is 13.2. The van der Waals surface area contributed by atoms with E-state index in [1.165, 1.54) is 12.1 Å². The van der Waals surface area contributed by atoms with E-state index in [2.05, 4.69) is 29.0 Å². The molecular weight excluding hydrogens is 226 g/mol. The number of nitrogens with zero attached hydrogens (tertiary/aromatic N) is 2. The van der Waals surface area contributed by atoms with Crippen molar-refractivity contribution in [2.24, 2.45) is 0 Å². The van der Waals surface area contributed by atoms with Crippen molar-refractivity contribution in [1.82, 2.24) is 4.90 Å². The minimum Gasteiger partial charge on any atom is -0.399 e. The summed E-state index contributed by atoms with van der Waals surface area (Å²) in [5, 5.41) is 0. The third-order valence-electron chi connectivity index (χ3n) is 3.41. The van der Waals surface area contributed by atoms with E-state index < -0.39 is 0 Å². The van der Waals surface area contributed by atoms with E-state index in [9.17, 15) is 0 Å². The molecule has 1 saturated heterocycles. The smallest absolute Gasteiger partial charge is 0.0594 e. The zero-order chi connectivity index (χ0) is 12.8. The third kappa shape index (κ3) is 3.89. The highest BCUT2D eigenvalue weighted by Gasteiger charge is 2.09. The van der Waals surface area contributed by atoms with E-state index in [-0.39, 0.29) is 0 Å². The van der Waals surface area contributed by atoms with Gasteiger partial charge in [-0.05, 0) is 30.7 Å². The standard InChI is InChI=1S/C14H23N3O/c1-16(14-5-3-13(15)4-6-14)7-2-8-17-9-11-18-12-10-17/h3-6H,2,7-12,15H2,1H3. The van der Waals surface area contributed by atoms with E-state index in [1.54, 1.807) is 0 Å². The van der Waals surface area contributed by atoms with Crippen LogP contribution in [0.25, 0.3) is 0 Å². The fourth-order valence-electron chi connectivity index (χ4n) is 2.21. The monoisotopic (exact) mass is 249 g/mol. The van der Waals surface area contributed by atoms with Crippen molar-refractivity contribution in [3.8, 4) is 0 Å². The summed E-state index contributed by atoms with van der Waals surface area (Å²) in [7, 11) is 2.13.